The lowest BCUT2D eigenvalue weighted by Crippen LogP contribution is -2.48. The van der Waals surface area contributed by atoms with E-state index in [1.807, 2.05) is 44.2 Å². The normalized spacial score (nSPS) is 21.2. The van der Waals surface area contributed by atoms with Crippen molar-refractivity contribution in [2.75, 3.05) is 13.1 Å². The molecule has 0 aliphatic carbocycles. The average molecular weight is 353 g/mol. The predicted molar refractivity (Wildman–Crippen MR) is 98.0 cm³/mol. The van der Waals surface area contributed by atoms with Gasteiger partial charge in [0.05, 0.1) is 11.2 Å². The van der Waals surface area contributed by atoms with Crippen molar-refractivity contribution in [3.63, 3.8) is 0 Å². The molecule has 0 amide bonds. The smallest absolute Gasteiger partial charge is 0.138 e. The number of rotatable bonds is 4. The molecule has 0 unspecified atom stereocenters. The Balaban J connectivity index is 1.40. The standard InChI is InChI=1S/C20H23N3O3/c1-13-17(14(2)26-22-13)11-23-9-7-20(19(24)12-23)25-16-6-5-15-4-3-8-21-18(15)10-16/h3-6,8,10,19-20,24H,7,9,11-12H2,1-2H3/t19-,20-/m1/s1. The first-order valence-electron chi connectivity index (χ1n) is 8.94. The summed E-state index contributed by atoms with van der Waals surface area (Å²) in [5.41, 5.74) is 2.92. The summed E-state index contributed by atoms with van der Waals surface area (Å²) in [6, 6.07) is 9.80. The molecule has 6 heteroatoms. The molecule has 1 aromatic carbocycles. The molecule has 1 saturated heterocycles. The summed E-state index contributed by atoms with van der Waals surface area (Å²) in [5, 5.41) is 15.6. The Morgan fingerprint density at radius 3 is 2.96 bits per heavy atom. The summed E-state index contributed by atoms with van der Waals surface area (Å²) in [6.45, 7) is 6.05. The van der Waals surface area contributed by atoms with E-state index < -0.39 is 6.10 Å². The first-order chi connectivity index (χ1) is 12.6. The molecule has 1 aliphatic heterocycles. The van der Waals surface area contributed by atoms with Gasteiger partial charge in [-0.25, -0.2) is 0 Å². The molecule has 1 N–H and O–H groups in total. The van der Waals surface area contributed by atoms with E-state index in [0.29, 0.717) is 6.54 Å². The fourth-order valence-electron chi connectivity index (χ4n) is 3.50. The van der Waals surface area contributed by atoms with Crippen molar-refractivity contribution in [2.45, 2.75) is 39.0 Å². The van der Waals surface area contributed by atoms with Gasteiger partial charge in [0.25, 0.3) is 0 Å². The van der Waals surface area contributed by atoms with E-state index in [4.69, 9.17) is 9.26 Å². The predicted octanol–water partition coefficient (Wildman–Crippen LogP) is 2.85. The Kier molecular flexibility index (Phi) is 4.61. The highest BCUT2D eigenvalue weighted by Crippen LogP contribution is 2.24. The van der Waals surface area contributed by atoms with Crippen LogP contribution in [0.25, 0.3) is 10.9 Å². The van der Waals surface area contributed by atoms with Crippen LogP contribution in [0.3, 0.4) is 0 Å². The SMILES string of the molecule is Cc1noc(C)c1CN1CC[C@@H](Oc2ccc3cccnc3c2)[C@H](O)C1. The van der Waals surface area contributed by atoms with Gasteiger partial charge in [-0.15, -0.1) is 0 Å². The minimum atomic E-state index is -0.538. The molecule has 0 radical (unpaired) electrons. The molecular weight excluding hydrogens is 330 g/mol. The van der Waals surface area contributed by atoms with Crippen molar-refractivity contribution in [2.24, 2.45) is 0 Å². The van der Waals surface area contributed by atoms with Crippen LogP contribution in [0, 0.1) is 13.8 Å². The molecule has 4 rings (SSSR count). The van der Waals surface area contributed by atoms with Gasteiger partial charge < -0.3 is 14.4 Å². The van der Waals surface area contributed by atoms with Crippen LogP contribution in [0.1, 0.15) is 23.4 Å². The molecule has 3 aromatic rings. The highest BCUT2D eigenvalue weighted by Gasteiger charge is 2.30. The van der Waals surface area contributed by atoms with Gasteiger partial charge in [0.1, 0.15) is 23.7 Å². The minimum Gasteiger partial charge on any atom is -0.488 e. The zero-order chi connectivity index (χ0) is 18.1. The molecule has 26 heavy (non-hydrogen) atoms. The summed E-state index contributed by atoms with van der Waals surface area (Å²) in [6.07, 6.45) is 1.79. The van der Waals surface area contributed by atoms with Crippen LogP contribution >= 0.6 is 0 Å². The average Bonchev–Trinajstić information content (AvgIpc) is 2.96. The number of piperidine rings is 1. The van der Waals surface area contributed by atoms with E-state index in [1.54, 1.807) is 6.20 Å². The molecule has 0 bridgehead atoms. The summed E-state index contributed by atoms with van der Waals surface area (Å²) in [5.74, 6) is 1.60. The highest BCUT2D eigenvalue weighted by molar-refractivity contribution is 5.79. The lowest BCUT2D eigenvalue weighted by molar-refractivity contribution is -0.0275. The molecule has 3 heterocycles. The zero-order valence-electron chi connectivity index (χ0n) is 15.1. The van der Waals surface area contributed by atoms with Gasteiger partial charge in [-0.1, -0.05) is 11.2 Å². The highest BCUT2D eigenvalue weighted by atomic mass is 16.5. The molecule has 0 saturated carbocycles. The van der Waals surface area contributed by atoms with Gasteiger partial charge in [-0.2, -0.15) is 0 Å². The number of fused-ring (bicyclic) bond motifs is 1. The largest absolute Gasteiger partial charge is 0.488 e. The van der Waals surface area contributed by atoms with Crippen LogP contribution < -0.4 is 4.74 Å². The fourth-order valence-corrected chi connectivity index (χ4v) is 3.50. The number of β-amino-alcohol motifs (C(OH)–C–C–N with tert-alkyl or cyclic N) is 1. The van der Waals surface area contributed by atoms with Crippen molar-refractivity contribution >= 4 is 10.9 Å². The molecule has 1 fully saturated rings. The summed E-state index contributed by atoms with van der Waals surface area (Å²) >= 11 is 0. The topological polar surface area (TPSA) is 71.6 Å². The lowest BCUT2D eigenvalue weighted by Gasteiger charge is -2.35. The van der Waals surface area contributed by atoms with Crippen LogP contribution in [0.5, 0.6) is 5.75 Å². The molecule has 6 nitrogen and oxygen atoms in total. The van der Waals surface area contributed by atoms with Crippen molar-refractivity contribution < 1.29 is 14.4 Å². The van der Waals surface area contributed by atoms with Crippen molar-refractivity contribution in [3.05, 3.63) is 53.5 Å². The van der Waals surface area contributed by atoms with E-state index in [1.165, 1.54) is 0 Å². The van der Waals surface area contributed by atoms with E-state index in [0.717, 1.165) is 53.2 Å². The number of aliphatic hydroxyl groups is 1. The fraction of sp³-hybridized carbons (Fsp3) is 0.400. The monoisotopic (exact) mass is 353 g/mol. The molecule has 2 atom stereocenters. The van der Waals surface area contributed by atoms with E-state index in [2.05, 4.69) is 15.0 Å². The number of ether oxygens (including phenoxy) is 1. The lowest BCUT2D eigenvalue weighted by atomic mass is 10.0. The Morgan fingerprint density at radius 1 is 1.31 bits per heavy atom. The van der Waals surface area contributed by atoms with Crippen LogP contribution in [0.4, 0.5) is 0 Å². The number of aryl methyl sites for hydroxylation is 2. The minimum absolute atomic E-state index is 0.211. The maximum Gasteiger partial charge on any atom is 0.138 e. The number of benzene rings is 1. The number of hydrogen-bond donors (Lipinski definition) is 1. The van der Waals surface area contributed by atoms with Gasteiger partial charge >= 0.3 is 0 Å². The second-order valence-corrected chi connectivity index (χ2v) is 6.91. The van der Waals surface area contributed by atoms with Crippen molar-refractivity contribution in [1.82, 2.24) is 15.0 Å². The maximum atomic E-state index is 10.6. The summed E-state index contributed by atoms with van der Waals surface area (Å²) < 4.78 is 11.3. The van der Waals surface area contributed by atoms with Gasteiger partial charge in [0.15, 0.2) is 0 Å². The number of pyridine rings is 1. The van der Waals surface area contributed by atoms with Crippen molar-refractivity contribution in [3.8, 4) is 5.75 Å². The number of aromatic nitrogens is 2. The van der Waals surface area contributed by atoms with Crippen LogP contribution in [0.15, 0.2) is 41.1 Å². The van der Waals surface area contributed by atoms with Crippen LogP contribution in [0.2, 0.25) is 0 Å². The summed E-state index contributed by atoms with van der Waals surface area (Å²) in [4.78, 5) is 6.58. The Hall–Kier alpha value is -2.44. The second kappa shape index (κ2) is 7.05. The van der Waals surface area contributed by atoms with Crippen molar-refractivity contribution in [1.29, 1.82) is 0 Å². The van der Waals surface area contributed by atoms with E-state index in [9.17, 15) is 5.11 Å². The van der Waals surface area contributed by atoms with Gasteiger partial charge in [0.2, 0.25) is 0 Å². The van der Waals surface area contributed by atoms with Crippen LogP contribution in [-0.4, -0.2) is 45.4 Å². The second-order valence-electron chi connectivity index (χ2n) is 6.91. The molecule has 2 aromatic heterocycles. The van der Waals surface area contributed by atoms with E-state index >= 15 is 0 Å². The third kappa shape index (κ3) is 3.43. The van der Waals surface area contributed by atoms with E-state index in [-0.39, 0.29) is 6.10 Å². The van der Waals surface area contributed by atoms with Gasteiger partial charge in [-0.05, 0) is 38.5 Å². The Labute approximate surface area is 152 Å². The number of nitrogens with zero attached hydrogens (tertiary/aromatic N) is 3. The van der Waals surface area contributed by atoms with Crippen LogP contribution in [-0.2, 0) is 6.54 Å². The van der Waals surface area contributed by atoms with Gasteiger partial charge in [0, 0.05) is 42.8 Å². The number of aliphatic hydroxyl groups excluding tert-OH is 1. The number of hydrogen-bond acceptors (Lipinski definition) is 6. The Morgan fingerprint density at radius 2 is 2.19 bits per heavy atom. The quantitative estimate of drug-likeness (QED) is 0.778. The number of likely N-dealkylation sites (tertiary alicyclic amines) is 1. The first-order valence-corrected chi connectivity index (χ1v) is 8.94. The third-order valence-electron chi connectivity index (χ3n) is 5.03. The molecule has 1 aliphatic rings. The first kappa shape index (κ1) is 17.0. The maximum absolute atomic E-state index is 10.6. The Bertz CT molecular complexity index is 889. The molecular formula is C20H23N3O3. The van der Waals surface area contributed by atoms with Gasteiger partial charge in [-0.3, -0.25) is 9.88 Å². The molecule has 136 valence electrons. The summed E-state index contributed by atoms with van der Waals surface area (Å²) in [7, 11) is 0. The molecule has 0 spiro atoms. The zero-order valence-corrected chi connectivity index (χ0v) is 15.1. The third-order valence-corrected chi connectivity index (χ3v) is 5.03.